The Morgan fingerprint density at radius 2 is 1.89 bits per heavy atom. The molecule has 5 heteroatoms. The van der Waals surface area contributed by atoms with E-state index in [2.05, 4.69) is 6.07 Å². The van der Waals surface area contributed by atoms with Crippen molar-refractivity contribution in [3.05, 3.63) is 29.8 Å². The van der Waals surface area contributed by atoms with E-state index in [1.165, 1.54) is 0 Å². The zero-order chi connectivity index (χ0) is 13.8. The topological polar surface area (TPSA) is 61.2 Å². The lowest BCUT2D eigenvalue weighted by Crippen LogP contribution is -2.26. The van der Waals surface area contributed by atoms with Gasteiger partial charge in [-0.1, -0.05) is 19.1 Å². The first-order chi connectivity index (χ1) is 8.40. The molecule has 0 aliphatic rings. The molecule has 0 saturated carbocycles. The SMILES string of the molecule is CCS(=O)(=O)c1ccc(CN(C)C(C)C#N)cc1. The van der Waals surface area contributed by atoms with Crippen LogP contribution in [0.1, 0.15) is 19.4 Å². The number of hydrogen-bond acceptors (Lipinski definition) is 4. The molecule has 0 bridgehead atoms. The van der Waals surface area contributed by atoms with Crippen molar-refractivity contribution < 1.29 is 8.42 Å². The highest BCUT2D eigenvalue weighted by Crippen LogP contribution is 2.13. The van der Waals surface area contributed by atoms with Crippen molar-refractivity contribution in [1.82, 2.24) is 4.90 Å². The molecule has 1 aromatic rings. The summed E-state index contributed by atoms with van der Waals surface area (Å²) in [6, 6.07) is 8.83. The van der Waals surface area contributed by atoms with Crippen LogP contribution in [0.5, 0.6) is 0 Å². The Kier molecular flexibility index (Phi) is 4.88. The molecule has 1 atom stereocenters. The molecule has 0 saturated heterocycles. The Morgan fingerprint density at radius 1 is 1.33 bits per heavy atom. The highest BCUT2D eigenvalue weighted by atomic mass is 32.2. The van der Waals surface area contributed by atoms with E-state index in [0.717, 1.165) is 5.56 Å². The predicted molar refractivity (Wildman–Crippen MR) is 70.7 cm³/mol. The fraction of sp³-hybridized carbons (Fsp3) is 0.462. The largest absolute Gasteiger partial charge is 0.287 e. The lowest BCUT2D eigenvalue weighted by atomic mass is 10.2. The van der Waals surface area contributed by atoms with Crippen LogP contribution in [0, 0.1) is 11.3 Å². The molecule has 1 unspecified atom stereocenters. The summed E-state index contributed by atoms with van der Waals surface area (Å²) in [7, 11) is -1.26. The molecule has 0 aliphatic heterocycles. The monoisotopic (exact) mass is 266 g/mol. The molecule has 0 aromatic heterocycles. The lowest BCUT2D eigenvalue weighted by Gasteiger charge is -2.18. The normalized spacial score (nSPS) is 13.3. The van der Waals surface area contributed by atoms with Crippen LogP contribution < -0.4 is 0 Å². The van der Waals surface area contributed by atoms with Crippen molar-refractivity contribution in [2.45, 2.75) is 31.3 Å². The van der Waals surface area contributed by atoms with E-state index in [1.807, 2.05) is 18.9 Å². The van der Waals surface area contributed by atoms with Crippen molar-refractivity contribution in [1.29, 1.82) is 5.26 Å². The second kappa shape index (κ2) is 5.98. The van der Waals surface area contributed by atoms with Gasteiger partial charge in [0, 0.05) is 6.54 Å². The van der Waals surface area contributed by atoms with Crippen LogP contribution in [0.3, 0.4) is 0 Å². The van der Waals surface area contributed by atoms with Crippen molar-refractivity contribution in [2.75, 3.05) is 12.8 Å². The van der Waals surface area contributed by atoms with Crippen molar-refractivity contribution in [3.63, 3.8) is 0 Å². The molecule has 1 aromatic carbocycles. The molecule has 1 rings (SSSR count). The average molecular weight is 266 g/mol. The number of nitriles is 1. The Labute approximate surface area is 109 Å². The first kappa shape index (κ1) is 14.7. The quantitative estimate of drug-likeness (QED) is 0.815. The summed E-state index contributed by atoms with van der Waals surface area (Å²) in [5.74, 6) is 0.109. The number of hydrogen-bond donors (Lipinski definition) is 0. The fourth-order valence-electron chi connectivity index (χ4n) is 1.49. The van der Waals surface area contributed by atoms with Crippen molar-refractivity contribution in [2.24, 2.45) is 0 Å². The molecule has 98 valence electrons. The summed E-state index contributed by atoms with van der Waals surface area (Å²) in [6.45, 7) is 4.09. The Bertz CT molecular complexity index is 529. The minimum atomic E-state index is -3.13. The van der Waals surface area contributed by atoms with Crippen molar-refractivity contribution in [3.8, 4) is 6.07 Å². The zero-order valence-electron chi connectivity index (χ0n) is 10.9. The molecule has 0 radical (unpaired) electrons. The molecular weight excluding hydrogens is 248 g/mol. The van der Waals surface area contributed by atoms with E-state index in [4.69, 9.17) is 5.26 Å². The second-order valence-corrected chi connectivity index (χ2v) is 6.55. The van der Waals surface area contributed by atoms with Crippen LogP contribution in [0.4, 0.5) is 0 Å². The summed E-state index contributed by atoms with van der Waals surface area (Å²) in [6.07, 6.45) is 0. The molecule has 0 amide bonds. The van der Waals surface area contributed by atoms with Gasteiger partial charge in [0.25, 0.3) is 0 Å². The summed E-state index contributed by atoms with van der Waals surface area (Å²) >= 11 is 0. The Hall–Kier alpha value is -1.38. The predicted octanol–water partition coefficient (Wildman–Crippen LogP) is 1.82. The highest BCUT2D eigenvalue weighted by molar-refractivity contribution is 7.91. The maximum absolute atomic E-state index is 11.6. The van der Waals surface area contributed by atoms with E-state index in [1.54, 1.807) is 31.2 Å². The van der Waals surface area contributed by atoms with E-state index < -0.39 is 9.84 Å². The Morgan fingerprint density at radius 3 is 2.33 bits per heavy atom. The second-order valence-electron chi connectivity index (χ2n) is 4.27. The molecule has 0 heterocycles. The zero-order valence-corrected chi connectivity index (χ0v) is 11.7. The smallest absolute Gasteiger partial charge is 0.178 e. The molecule has 0 N–H and O–H groups in total. The van der Waals surface area contributed by atoms with Gasteiger partial charge in [-0.25, -0.2) is 8.42 Å². The van der Waals surface area contributed by atoms with Crippen LogP contribution in [-0.4, -0.2) is 32.2 Å². The maximum Gasteiger partial charge on any atom is 0.178 e. The Balaban J connectivity index is 2.82. The summed E-state index contributed by atoms with van der Waals surface area (Å²) in [4.78, 5) is 2.26. The van der Waals surface area contributed by atoms with Gasteiger partial charge in [0.15, 0.2) is 9.84 Å². The number of benzene rings is 1. The molecule has 0 spiro atoms. The van der Waals surface area contributed by atoms with E-state index in [0.29, 0.717) is 11.4 Å². The first-order valence-corrected chi connectivity index (χ1v) is 7.47. The van der Waals surface area contributed by atoms with Crippen LogP contribution in [0.15, 0.2) is 29.2 Å². The summed E-state index contributed by atoms with van der Waals surface area (Å²) in [5.41, 5.74) is 0.995. The van der Waals surface area contributed by atoms with Gasteiger partial charge in [-0.3, -0.25) is 4.90 Å². The molecular formula is C13H18N2O2S. The first-order valence-electron chi connectivity index (χ1n) is 5.82. The fourth-order valence-corrected chi connectivity index (χ4v) is 2.38. The van der Waals surface area contributed by atoms with Crippen LogP contribution in [0.25, 0.3) is 0 Å². The van der Waals surface area contributed by atoms with Crippen LogP contribution >= 0.6 is 0 Å². The average Bonchev–Trinajstić information content (AvgIpc) is 2.38. The third kappa shape index (κ3) is 3.56. The van der Waals surface area contributed by atoms with Gasteiger partial charge in [-0.2, -0.15) is 5.26 Å². The van der Waals surface area contributed by atoms with Crippen LogP contribution in [-0.2, 0) is 16.4 Å². The van der Waals surface area contributed by atoms with E-state index >= 15 is 0 Å². The molecule has 0 fully saturated rings. The summed E-state index contributed by atoms with van der Waals surface area (Å²) < 4.78 is 23.3. The van der Waals surface area contributed by atoms with Gasteiger partial charge < -0.3 is 0 Å². The van der Waals surface area contributed by atoms with Gasteiger partial charge in [0.05, 0.1) is 22.8 Å². The van der Waals surface area contributed by atoms with Gasteiger partial charge in [0.1, 0.15) is 0 Å². The number of nitrogens with zero attached hydrogens (tertiary/aromatic N) is 2. The van der Waals surface area contributed by atoms with Crippen LogP contribution in [0.2, 0.25) is 0 Å². The number of sulfone groups is 1. The van der Waals surface area contributed by atoms with Crippen molar-refractivity contribution >= 4 is 9.84 Å². The third-order valence-corrected chi connectivity index (χ3v) is 4.69. The van der Waals surface area contributed by atoms with E-state index in [-0.39, 0.29) is 11.8 Å². The third-order valence-electron chi connectivity index (χ3n) is 2.94. The minimum Gasteiger partial charge on any atom is -0.287 e. The van der Waals surface area contributed by atoms with E-state index in [9.17, 15) is 8.42 Å². The number of rotatable bonds is 5. The molecule has 0 aliphatic carbocycles. The summed E-state index contributed by atoms with van der Waals surface area (Å²) in [5, 5.41) is 8.79. The highest BCUT2D eigenvalue weighted by Gasteiger charge is 2.12. The molecule has 18 heavy (non-hydrogen) atoms. The van der Waals surface area contributed by atoms with Gasteiger partial charge in [-0.05, 0) is 31.7 Å². The molecule has 4 nitrogen and oxygen atoms in total. The minimum absolute atomic E-state index is 0.109. The van der Waals surface area contributed by atoms with Gasteiger partial charge in [0.2, 0.25) is 0 Å². The lowest BCUT2D eigenvalue weighted by molar-refractivity contribution is 0.294. The van der Waals surface area contributed by atoms with Gasteiger partial charge >= 0.3 is 0 Å². The van der Waals surface area contributed by atoms with Gasteiger partial charge in [-0.15, -0.1) is 0 Å². The standard InChI is InChI=1S/C13H18N2O2S/c1-4-18(16,17)13-7-5-12(6-8-13)10-15(3)11(2)9-14/h5-8,11H,4,10H2,1-3H3. The maximum atomic E-state index is 11.6.